The number of fused-ring (bicyclic) bond motifs is 12. The lowest BCUT2D eigenvalue weighted by Crippen LogP contribution is -2.29. The third-order valence-corrected chi connectivity index (χ3v) is 13.8. The molecule has 2 aliphatic rings. The maximum Gasteiger partial charge on any atom is 0.164 e. The molecule has 3 heteroatoms. The van der Waals surface area contributed by atoms with Crippen molar-refractivity contribution >= 4 is 0 Å². The van der Waals surface area contributed by atoms with Crippen LogP contribution in [0.15, 0.2) is 249 Å². The molecule has 0 amide bonds. The number of hydrogen-bond acceptors (Lipinski definition) is 3. The maximum absolute atomic E-state index is 5.48. The molecule has 0 bridgehead atoms. The summed E-state index contributed by atoms with van der Waals surface area (Å²) < 4.78 is 0. The van der Waals surface area contributed by atoms with E-state index in [1.807, 2.05) is 0 Å². The number of aromatic nitrogens is 3. The van der Waals surface area contributed by atoms with Crippen LogP contribution in [0, 0.1) is 0 Å². The molecule has 13 rings (SSSR count). The lowest BCUT2D eigenvalue weighted by atomic mass is 9.66. The molecule has 0 saturated carbocycles. The smallest absolute Gasteiger partial charge is 0.164 e. The largest absolute Gasteiger partial charge is 0.208 e. The van der Waals surface area contributed by atoms with Crippen molar-refractivity contribution < 1.29 is 0 Å². The molecule has 1 aromatic heterocycles. The third-order valence-electron chi connectivity index (χ3n) is 13.8. The van der Waals surface area contributed by atoms with Crippen LogP contribution >= 0.6 is 0 Å². The lowest BCUT2D eigenvalue weighted by Gasteiger charge is -2.35. The number of benzene rings is 10. The fourth-order valence-electron chi connectivity index (χ4n) is 10.8. The molecule has 3 nitrogen and oxygen atoms in total. The van der Waals surface area contributed by atoms with Gasteiger partial charge in [0.05, 0.1) is 5.41 Å². The van der Waals surface area contributed by atoms with E-state index in [0.717, 1.165) is 55.6 Å². The molecule has 0 fully saturated rings. The molecule has 0 saturated heterocycles. The molecular weight excluding hydrogens is 811 g/mol. The summed E-state index contributed by atoms with van der Waals surface area (Å²) in [5.41, 5.74) is 21.2. The summed E-state index contributed by atoms with van der Waals surface area (Å²) in [6.07, 6.45) is 0. The third kappa shape index (κ3) is 6.24. The van der Waals surface area contributed by atoms with E-state index in [4.69, 9.17) is 15.0 Å². The topological polar surface area (TPSA) is 38.7 Å². The van der Waals surface area contributed by atoms with Gasteiger partial charge in [-0.3, -0.25) is 0 Å². The monoisotopic (exact) mass is 851 g/mol. The molecule has 1 heterocycles. The maximum atomic E-state index is 5.48. The van der Waals surface area contributed by atoms with Crippen LogP contribution in [0.1, 0.15) is 22.3 Å². The lowest BCUT2D eigenvalue weighted by molar-refractivity contribution is 0.775. The van der Waals surface area contributed by atoms with Gasteiger partial charge in [0.25, 0.3) is 0 Å². The summed E-state index contributed by atoms with van der Waals surface area (Å²) in [4.78, 5) is 16.3. The van der Waals surface area contributed by atoms with Crippen LogP contribution < -0.4 is 0 Å². The Morgan fingerprint density at radius 1 is 0.194 bits per heavy atom. The van der Waals surface area contributed by atoms with E-state index in [0.29, 0.717) is 17.5 Å². The normalized spacial score (nSPS) is 12.6. The van der Waals surface area contributed by atoms with Gasteiger partial charge >= 0.3 is 0 Å². The predicted molar refractivity (Wildman–Crippen MR) is 274 cm³/mol. The Morgan fingerprint density at radius 3 is 1.09 bits per heavy atom. The van der Waals surface area contributed by atoms with E-state index in [9.17, 15) is 0 Å². The highest BCUT2D eigenvalue weighted by atomic mass is 15.0. The van der Waals surface area contributed by atoms with E-state index in [1.54, 1.807) is 0 Å². The summed E-state index contributed by atoms with van der Waals surface area (Å²) >= 11 is 0. The summed E-state index contributed by atoms with van der Waals surface area (Å²) in [5.74, 6) is 1.83. The minimum absolute atomic E-state index is 0.577. The average molecular weight is 852 g/mol. The Balaban J connectivity index is 1.09. The van der Waals surface area contributed by atoms with Gasteiger partial charge in [-0.15, -0.1) is 0 Å². The highest BCUT2D eigenvalue weighted by Crippen LogP contribution is 2.61. The first-order valence-corrected chi connectivity index (χ1v) is 22.9. The second kappa shape index (κ2) is 15.7. The summed E-state index contributed by atoms with van der Waals surface area (Å²) in [7, 11) is 0. The zero-order valence-corrected chi connectivity index (χ0v) is 36.5. The second-order valence-electron chi connectivity index (χ2n) is 17.4. The summed E-state index contributed by atoms with van der Waals surface area (Å²) in [6, 6.07) is 89.6. The van der Waals surface area contributed by atoms with Gasteiger partial charge < -0.3 is 0 Å². The number of rotatable bonds is 6. The quantitative estimate of drug-likeness (QED) is 0.167. The predicted octanol–water partition coefficient (Wildman–Crippen LogP) is 15.9. The van der Waals surface area contributed by atoms with Crippen molar-refractivity contribution in [1.82, 2.24) is 15.0 Å². The average Bonchev–Trinajstić information content (AvgIpc) is 3.66. The first kappa shape index (κ1) is 38.6. The zero-order valence-electron chi connectivity index (χ0n) is 36.5. The van der Waals surface area contributed by atoms with Gasteiger partial charge in [0.15, 0.2) is 17.5 Å². The second-order valence-corrected chi connectivity index (χ2v) is 17.4. The molecule has 10 aromatic carbocycles. The van der Waals surface area contributed by atoms with Crippen LogP contribution in [-0.2, 0) is 5.41 Å². The van der Waals surface area contributed by atoms with E-state index in [2.05, 4.69) is 249 Å². The standard InChI is InChI=1S/C64H41N3/c1-4-20-42(21-5-1)46-38-47(43-22-6-2-7-23-43)40-48(39-46)62-65-61(66-63(67-62)55-32-13-10-26-49(55)44-24-8-3-9-25-44)45-36-37-60-56(41-45)51-28-12-11-27-50(51)52-29-14-17-33-57(52)64(60)58-34-18-15-30-53(58)54-31-16-19-35-59(54)64/h1-41H. The van der Waals surface area contributed by atoms with Crippen LogP contribution in [-0.4, -0.2) is 15.0 Å². The Kier molecular flexibility index (Phi) is 9.07. The van der Waals surface area contributed by atoms with Gasteiger partial charge in [-0.25, -0.2) is 15.0 Å². The molecule has 67 heavy (non-hydrogen) atoms. The highest BCUT2D eigenvalue weighted by Gasteiger charge is 2.49. The van der Waals surface area contributed by atoms with Crippen molar-refractivity contribution in [3.05, 3.63) is 271 Å². The Labute approximate surface area is 390 Å². The highest BCUT2D eigenvalue weighted by molar-refractivity contribution is 5.98. The molecule has 312 valence electrons. The summed E-state index contributed by atoms with van der Waals surface area (Å²) in [5, 5.41) is 0. The number of nitrogens with zero attached hydrogens (tertiary/aromatic N) is 3. The van der Waals surface area contributed by atoms with E-state index < -0.39 is 5.41 Å². The van der Waals surface area contributed by atoms with Crippen molar-refractivity contribution in [2.75, 3.05) is 0 Å². The zero-order chi connectivity index (χ0) is 44.3. The molecule has 11 aromatic rings. The van der Waals surface area contributed by atoms with Crippen LogP contribution in [0.4, 0.5) is 0 Å². The molecule has 0 N–H and O–H groups in total. The minimum Gasteiger partial charge on any atom is -0.208 e. The molecule has 0 unspecified atom stereocenters. The van der Waals surface area contributed by atoms with Crippen molar-refractivity contribution in [2.45, 2.75) is 5.41 Å². The van der Waals surface area contributed by atoms with Gasteiger partial charge in [0.1, 0.15) is 0 Å². The molecular formula is C64H41N3. The van der Waals surface area contributed by atoms with Crippen molar-refractivity contribution in [1.29, 1.82) is 0 Å². The van der Waals surface area contributed by atoms with Crippen molar-refractivity contribution in [2.24, 2.45) is 0 Å². The van der Waals surface area contributed by atoms with Crippen molar-refractivity contribution in [3.63, 3.8) is 0 Å². The molecule has 2 aliphatic carbocycles. The first-order chi connectivity index (χ1) is 33.2. The number of hydrogen-bond donors (Lipinski definition) is 0. The molecule has 0 aliphatic heterocycles. The fourth-order valence-corrected chi connectivity index (χ4v) is 10.8. The van der Waals surface area contributed by atoms with Crippen LogP contribution in [0.25, 0.3) is 101 Å². The van der Waals surface area contributed by atoms with Gasteiger partial charge in [-0.2, -0.15) is 0 Å². The van der Waals surface area contributed by atoms with E-state index >= 15 is 0 Å². The van der Waals surface area contributed by atoms with Crippen LogP contribution in [0.2, 0.25) is 0 Å². The van der Waals surface area contributed by atoms with E-state index in [1.165, 1.54) is 50.1 Å². The molecule has 1 spiro atoms. The first-order valence-electron chi connectivity index (χ1n) is 22.9. The van der Waals surface area contributed by atoms with Gasteiger partial charge in [0.2, 0.25) is 0 Å². The van der Waals surface area contributed by atoms with Crippen LogP contribution in [0.5, 0.6) is 0 Å². The summed E-state index contributed by atoms with van der Waals surface area (Å²) in [6.45, 7) is 0. The van der Waals surface area contributed by atoms with Gasteiger partial charge in [-0.05, 0) is 113 Å². The molecule has 0 atom stereocenters. The minimum atomic E-state index is -0.577. The SMILES string of the molecule is c1ccc(-c2cc(-c3ccccc3)cc(-c3nc(-c4ccc5c(c4)-c4ccccc4-c4ccccc4C54c5ccccc5-c5ccccc54)nc(-c4ccccc4-c4ccccc4)n3)c2)cc1. The molecule has 0 radical (unpaired) electrons. The van der Waals surface area contributed by atoms with Gasteiger partial charge in [0, 0.05) is 16.7 Å². The van der Waals surface area contributed by atoms with Crippen molar-refractivity contribution in [3.8, 4) is 101 Å². The Morgan fingerprint density at radius 2 is 0.552 bits per heavy atom. The fraction of sp³-hybridized carbons (Fsp3) is 0.0156. The Bertz CT molecular complexity index is 3590. The van der Waals surface area contributed by atoms with E-state index in [-0.39, 0.29) is 0 Å². The Hall–Kier alpha value is -8.79. The van der Waals surface area contributed by atoms with Gasteiger partial charge in [-0.1, -0.05) is 224 Å². The van der Waals surface area contributed by atoms with Crippen LogP contribution in [0.3, 0.4) is 0 Å².